The Morgan fingerprint density at radius 2 is 1.84 bits per heavy atom. The van der Waals surface area contributed by atoms with Crippen LogP contribution >= 0.6 is 0 Å². The molecule has 0 aliphatic carbocycles. The average molecular weight is 502 g/mol. The minimum Gasteiger partial charge on any atom is -0.308 e. The summed E-state index contributed by atoms with van der Waals surface area (Å²) in [7, 11) is 3.81. The number of aliphatic imine (C=N–C) groups is 1. The van der Waals surface area contributed by atoms with Crippen molar-refractivity contribution >= 4 is 18.4 Å². The molecule has 1 saturated heterocycles. The summed E-state index contributed by atoms with van der Waals surface area (Å²) in [5.74, 6) is 1.92. The van der Waals surface area contributed by atoms with Gasteiger partial charge in [0.2, 0.25) is 0 Å². The topological polar surface area (TPSA) is 62.5 Å². The second kappa shape index (κ2) is 14.9. The first-order chi connectivity index (χ1) is 17.7. The highest BCUT2D eigenvalue weighted by Crippen LogP contribution is 2.32. The molecule has 1 amide bonds. The summed E-state index contributed by atoms with van der Waals surface area (Å²) in [5.41, 5.74) is 5.29. The molecule has 37 heavy (non-hydrogen) atoms. The molecule has 1 fully saturated rings. The number of pyridine rings is 1. The highest BCUT2D eigenvalue weighted by atomic mass is 16.1. The molecular weight excluding hydrogens is 458 g/mol. The fraction of sp³-hybridized carbons (Fsp3) is 0.387. The number of allylic oxidation sites excluding steroid dienone is 6. The van der Waals surface area contributed by atoms with Gasteiger partial charge in [0.15, 0.2) is 0 Å². The number of piperidine rings is 1. The highest BCUT2D eigenvalue weighted by molar-refractivity contribution is 6.06. The van der Waals surface area contributed by atoms with Crippen molar-refractivity contribution in [2.75, 3.05) is 32.5 Å². The van der Waals surface area contributed by atoms with Crippen molar-refractivity contribution in [3.8, 4) is 5.82 Å². The normalized spacial score (nSPS) is 15.2. The number of anilines is 1. The van der Waals surface area contributed by atoms with Crippen LogP contribution in [0.25, 0.3) is 5.82 Å². The van der Waals surface area contributed by atoms with Crippen molar-refractivity contribution in [3.05, 3.63) is 88.8 Å². The number of hydrogen-bond acceptors (Lipinski definition) is 4. The second-order valence-corrected chi connectivity index (χ2v) is 9.66. The predicted molar refractivity (Wildman–Crippen MR) is 158 cm³/mol. The predicted octanol–water partition coefficient (Wildman–Crippen LogP) is 6.74. The van der Waals surface area contributed by atoms with Crippen LogP contribution in [-0.2, 0) is 4.79 Å². The summed E-state index contributed by atoms with van der Waals surface area (Å²) in [6.45, 7) is 15.4. The first-order valence-electron chi connectivity index (χ1n) is 12.9. The maximum absolute atomic E-state index is 13.3. The first-order valence-corrected chi connectivity index (χ1v) is 12.9. The van der Waals surface area contributed by atoms with Gasteiger partial charge in [0.1, 0.15) is 11.6 Å². The zero-order valence-electron chi connectivity index (χ0n) is 23.6. The number of nitrogens with one attached hydrogen (secondary N) is 1. The second-order valence-electron chi connectivity index (χ2n) is 9.66. The van der Waals surface area contributed by atoms with E-state index in [4.69, 9.17) is 0 Å². The van der Waals surface area contributed by atoms with E-state index >= 15 is 0 Å². The molecule has 0 saturated carbocycles. The smallest absolute Gasteiger partial charge is 0.256 e. The van der Waals surface area contributed by atoms with E-state index < -0.39 is 0 Å². The molecule has 0 unspecified atom stereocenters. The Morgan fingerprint density at radius 1 is 1.16 bits per heavy atom. The van der Waals surface area contributed by atoms with Gasteiger partial charge < -0.3 is 15.2 Å². The van der Waals surface area contributed by atoms with Gasteiger partial charge in [0.05, 0.1) is 0 Å². The molecule has 1 aliphatic rings. The van der Waals surface area contributed by atoms with Crippen molar-refractivity contribution in [1.29, 1.82) is 0 Å². The Hall–Kier alpha value is -3.51. The molecule has 1 N–H and O–H groups in total. The fourth-order valence-corrected chi connectivity index (χ4v) is 4.13. The lowest BCUT2D eigenvalue weighted by molar-refractivity contribution is -0.112. The number of rotatable bonds is 7. The van der Waals surface area contributed by atoms with Crippen LogP contribution in [0, 0.1) is 0 Å². The Kier molecular flexibility index (Phi) is 12.0. The van der Waals surface area contributed by atoms with E-state index in [2.05, 4.69) is 66.1 Å². The summed E-state index contributed by atoms with van der Waals surface area (Å²) in [4.78, 5) is 23.5. The van der Waals surface area contributed by atoms with Crippen LogP contribution in [0.3, 0.4) is 0 Å². The molecule has 6 heteroatoms. The van der Waals surface area contributed by atoms with Crippen LogP contribution in [0.5, 0.6) is 0 Å². The van der Waals surface area contributed by atoms with Gasteiger partial charge in [-0.1, -0.05) is 35.4 Å². The molecule has 0 atom stereocenters. The van der Waals surface area contributed by atoms with Crippen LogP contribution in [0.1, 0.15) is 58.9 Å². The number of aromatic nitrogens is 2. The Balaban J connectivity index is 0.00000153. The standard InChI is InChI=1S/C29H38N4O.C2H5N/c1-7-22(4)23(5)11-10-12-26(21(2)3)29(34)31-28-19-25(24-14-17-32(6)18-15-24)20-33(28)27-13-8-9-16-30-27;1-3-2/h7-13,16,19-20,24H,14-15,17-18H2,1-6H3,(H,31,34);1H2,2H3/b12-10-,22-7+,23-11+;. The van der Waals surface area contributed by atoms with E-state index in [1.54, 1.807) is 13.2 Å². The first kappa shape index (κ1) is 29.7. The molecule has 0 bridgehead atoms. The van der Waals surface area contributed by atoms with E-state index in [0.717, 1.165) is 43.1 Å². The molecule has 3 rings (SSSR count). The van der Waals surface area contributed by atoms with Crippen molar-refractivity contribution in [3.63, 3.8) is 0 Å². The quantitative estimate of drug-likeness (QED) is 0.260. The van der Waals surface area contributed by atoms with E-state index in [1.807, 2.05) is 61.8 Å². The maximum Gasteiger partial charge on any atom is 0.256 e. The van der Waals surface area contributed by atoms with Gasteiger partial charge in [-0.15, -0.1) is 0 Å². The molecule has 2 aromatic rings. The third-order valence-electron chi connectivity index (χ3n) is 6.62. The van der Waals surface area contributed by atoms with Crippen molar-refractivity contribution in [1.82, 2.24) is 14.5 Å². The molecule has 0 spiro atoms. The van der Waals surface area contributed by atoms with Gasteiger partial charge in [-0.2, -0.15) is 0 Å². The number of carbonyl (C=O) groups is 1. The molecule has 6 nitrogen and oxygen atoms in total. The van der Waals surface area contributed by atoms with Gasteiger partial charge in [-0.25, -0.2) is 4.98 Å². The van der Waals surface area contributed by atoms with Gasteiger partial charge in [0, 0.05) is 25.0 Å². The number of amides is 1. The summed E-state index contributed by atoms with van der Waals surface area (Å²) in [6, 6.07) is 7.95. The van der Waals surface area contributed by atoms with Crippen LogP contribution < -0.4 is 5.32 Å². The van der Waals surface area contributed by atoms with Gasteiger partial charge in [-0.05, 0) is 116 Å². The highest BCUT2D eigenvalue weighted by Gasteiger charge is 2.22. The average Bonchev–Trinajstić information content (AvgIpc) is 3.30. The monoisotopic (exact) mass is 501 g/mol. The van der Waals surface area contributed by atoms with Crippen molar-refractivity contribution in [2.24, 2.45) is 4.99 Å². The summed E-state index contributed by atoms with van der Waals surface area (Å²) < 4.78 is 2.00. The molecule has 1 aliphatic heterocycles. The van der Waals surface area contributed by atoms with E-state index in [9.17, 15) is 4.79 Å². The maximum atomic E-state index is 13.3. The third-order valence-corrected chi connectivity index (χ3v) is 6.62. The zero-order chi connectivity index (χ0) is 27.4. The van der Waals surface area contributed by atoms with Gasteiger partial charge in [0.25, 0.3) is 5.91 Å². The SMILES string of the molecule is C/C=C(C)/C(C)=C/C=C\C(C(=O)Nc1cc(C2CCN(C)CC2)cn1-c1ccccn1)=C(C)C.C=NC. The summed E-state index contributed by atoms with van der Waals surface area (Å²) >= 11 is 0. The van der Waals surface area contributed by atoms with Crippen molar-refractivity contribution < 1.29 is 4.79 Å². The lowest BCUT2D eigenvalue weighted by Gasteiger charge is -2.28. The van der Waals surface area contributed by atoms with Crippen LogP contribution in [0.4, 0.5) is 5.82 Å². The molecule has 0 radical (unpaired) electrons. The van der Waals surface area contributed by atoms with Crippen LogP contribution in [0.2, 0.25) is 0 Å². The van der Waals surface area contributed by atoms with Gasteiger partial charge in [-0.3, -0.25) is 9.36 Å². The zero-order valence-corrected chi connectivity index (χ0v) is 23.6. The lowest BCUT2D eigenvalue weighted by Crippen LogP contribution is -2.29. The van der Waals surface area contributed by atoms with Crippen LogP contribution in [0.15, 0.2) is 88.2 Å². The molecule has 3 heterocycles. The molecule has 2 aromatic heterocycles. The minimum absolute atomic E-state index is 0.115. The molecule has 0 aromatic carbocycles. The largest absolute Gasteiger partial charge is 0.308 e. The Labute approximate surface area is 223 Å². The number of nitrogens with zero attached hydrogens (tertiary/aromatic N) is 4. The van der Waals surface area contributed by atoms with Crippen LogP contribution in [-0.4, -0.2) is 54.3 Å². The van der Waals surface area contributed by atoms with E-state index in [-0.39, 0.29) is 5.91 Å². The number of hydrogen-bond donors (Lipinski definition) is 1. The van der Waals surface area contributed by atoms with E-state index in [1.165, 1.54) is 16.7 Å². The Morgan fingerprint density at radius 3 is 2.41 bits per heavy atom. The van der Waals surface area contributed by atoms with Gasteiger partial charge >= 0.3 is 0 Å². The minimum atomic E-state index is -0.115. The molecule has 198 valence electrons. The Bertz CT molecular complexity index is 1160. The number of likely N-dealkylation sites (tertiary alicyclic amines) is 1. The summed E-state index contributed by atoms with van der Waals surface area (Å²) in [6.07, 6.45) is 14.1. The van der Waals surface area contributed by atoms with Crippen molar-refractivity contribution in [2.45, 2.75) is 53.4 Å². The van der Waals surface area contributed by atoms with E-state index in [0.29, 0.717) is 11.5 Å². The fourth-order valence-electron chi connectivity index (χ4n) is 4.13. The number of carbonyl (C=O) groups excluding carboxylic acids is 1. The lowest BCUT2D eigenvalue weighted by atomic mass is 9.91. The summed E-state index contributed by atoms with van der Waals surface area (Å²) in [5, 5.41) is 3.16. The molecular formula is C31H43N5O. The third kappa shape index (κ3) is 8.83.